The van der Waals surface area contributed by atoms with Crippen molar-refractivity contribution in [3.63, 3.8) is 0 Å². The number of alkyl halides is 1. The van der Waals surface area contributed by atoms with Crippen LogP contribution in [0.5, 0.6) is 0 Å². The van der Waals surface area contributed by atoms with E-state index < -0.39 is 5.67 Å². The fraction of sp³-hybridized carbons (Fsp3) is 0.545. The van der Waals surface area contributed by atoms with Crippen molar-refractivity contribution in [3.05, 3.63) is 35.5 Å². The summed E-state index contributed by atoms with van der Waals surface area (Å²) < 4.78 is 13.8. The minimum Gasteiger partial charge on any atom is -0.398 e. The van der Waals surface area contributed by atoms with Gasteiger partial charge in [-0.2, -0.15) is 0 Å². The number of aryl methyl sites for hydroxylation is 1. The van der Waals surface area contributed by atoms with Gasteiger partial charge in [-0.15, -0.1) is 0 Å². The van der Waals surface area contributed by atoms with E-state index in [9.17, 15) is 9.18 Å². The number of hydrogen-bond acceptors (Lipinski definition) is 4. The lowest BCUT2D eigenvalue weighted by molar-refractivity contribution is 0.0889. The predicted octanol–water partition coefficient (Wildman–Crippen LogP) is 4.55. The fourth-order valence-electron chi connectivity index (χ4n) is 4.06. The van der Waals surface area contributed by atoms with E-state index in [2.05, 4.69) is 9.88 Å². The normalized spacial score (nSPS) is 16.7. The maximum absolute atomic E-state index is 13.8. The zero-order valence-electron chi connectivity index (χ0n) is 16.6. The third kappa shape index (κ3) is 4.83. The number of Topliss-reactive ketones (excluding diaryl/α,β-unsaturated/α-hetero) is 1. The lowest BCUT2D eigenvalue weighted by atomic mass is 9.89. The van der Waals surface area contributed by atoms with Crippen LogP contribution in [0.4, 0.5) is 10.1 Å². The van der Waals surface area contributed by atoms with Crippen molar-refractivity contribution in [2.75, 3.05) is 25.4 Å². The second-order valence-corrected chi connectivity index (χ2v) is 8.45. The van der Waals surface area contributed by atoms with Gasteiger partial charge in [0.1, 0.15) is 5.67 Å². The molecule has 0 aliphatic carbocycles. The van der Waals surface area contributed by atoms with E-state index in [1.807, 2.05) is 25.1 Å². The number of likely N-dealkylation sites (tertiary alicyclic amines) is 1. The van der Waals surface area contributed by atoms with Gasteiger partial charge in [0.25, 0.3) is 0 Å². The van der Waals surface area contributed by atoms with Gasteiger partial charge in [-0.3, -0.25) is 9.78 Å². The van der Waals surface area contributed by atoms with Gasteiger partial charge in [0.05, 0.1) is 5.52 Å². The number of carbonyl (C=O) groups is 1. The van der Waals surface area contributed by atoms with Crippen LogP contribution in [0.2, 0.25) is 0 Å². The second-order valence-electron chi connectivity index (χ2n) is 8.45. The van der Waals surface area contributed by atoms with Gasteiger partial charge in [0.2, 0.25) is 0 Å². The number of nitrogens with zero attached hydrogens (tertiary/aromatic N) is 2. The number of piperidine rings is 1. The number of aromatic nitrogens is 1. The molecule has 146 valence electrons. The first-order chi connectivity index (χ1) is 12.7. The lowest BCUT2D eigenvalue weighted by Gasteiger charge is -2.34. The number of halogens is 1. The van der Waals surface area contributed by atoms with Crippen LogP contribution in [-0.4, -0.2) is 41.0 Å². The quantitative estimate of drug-likeness (QED) is 0.598. The van der Waals surface area contributed by atoms with E-state index in [0.717, 1.165) is 43.3 Å². The Morgan fingerprint density at radius 3 is 2.74 bits per heavy atom. The molecule has 0 saturated carbocycles. The number of hydrogen-bond donors (Lipinski definition) is 1. The van der Waals surface area contributed by atoms with Crippen molar-refractivity contribution in [3.8, 4) is 0 Å². The Kier molecular flexibility index (Phi) is 5.80. The molecule has 0 unspecified atom stereocenters. The van der Waals surface area contributed by atoms with Crippen molar-refractivity contribution >= 4 is 22.4 Å². The molecule has 0 atom stereocenters. The molecule has 2 heterocycles. The van der Waals surface area contributed by atoms with Crippen molar-refractivity contribution in [2.45, 2.75) is 52.1 Å². The number of nitrogen functional groups attached to an aromatic ring is 1. The molecular formula is C22H30FN3O. The molecule has 2 aromatic rings. The zero-order chi connectivity index (χ0) is 19.6. The standard InChI is InChI=1S/C22H30FN3O/c1-15-13-18(21-17(20(15)24)5-4-10-25-21)19(27)7-6-16-8-11-26(12-9-16)14-22(2,3)23/h4-5,10,13,16H,6-9,11-12,14,24H2,1-3H3. The van der Waals surface area contributed by atoms with Gasteiger partial charge in [0, 0.05) is 35.8 Å². The Balaban J connectivity index is 1.61. The number of nitrogens with two attached hydrogens (primary N) is 1. The van der Waals surface area contributed by atoms with Crippen molar-refractivity contribution in [2.24, 2.45) is 5.92 Å². The number of ketones is 1. The molecule has 1 aromatic heterocycles. The number of rotatable bonds is 6. The highest BCUT2D eigenvalue weighted by Crippen LogP contribution is 2.29. The van der Waals surface area contributed by atoms with Gasteiger partial charge >= 0.3 is 0 Å². The van der Waals surface area contributed by atoms with Crippen LogP contribution >= 0.6 is 0 Å². The molecule has 1 aliphatic rings. The Hall–Kier alpha value is -2.01. The van der Waals surface area contributed by atoms with E-state index in [1.165, 1.54) is 0 Å². The first kappa shape index (κ1) is 19.7. The highest BCUT2D eigenvalue weighted by Gasteiger charge is 2.25. The average Bonchev–Trinajstić information content (AvgIpc) is 2.62. The number of benzene rings is 1. The SMILES string of the molecule is Cc1cc(C(=O)CCC2CCN(CC(C)(C)F)CC2)c2ncccc2c1N. The van der Waals surface area contributed by atoms with Crippen LogP contribution in [0.1, 0.15) is 55.5 Å². The third-order valence-corrected chi connectivity index (χ3v) is 5.53. The molecule has 27 heavy (non-hydrogen) atoms. The number of fused-ring (bicyclic) bond motifs is 1. The first-order valence-corrected chi connectivity index (χ1v) is 9.83. The molecule has 0 spiro atoms. The van der Waals surface area contributed by atoms with Crippen LogP contribution in [0, 0.1) is 12.8 Å². The molecule has 0 radical (unpaired) electrons. The summed E-state index contributed by atoms with van der Waals surface area (Å²) in [5, 5.41) is 0.850. The van der Waals surface area contributed by atoms with Gasteiger partial charge < -0.3 is 10.6 Å². The smallest absolute Gasteiger partial charge is 0.165 e. The number of anilines is 1. The molecule has 4 nitrogen and oxygen atoms in total. The highest BCUT2D eigenvalue weighted by molar-refractivity contribution is 6.09. The van der Waals surface area contributed by atoms with Crippen molar-refractivity contribution in [1.82, 2.24) is 9.88 Å². The van der Waals surface area contributed by atoms with Gasteiger partial charge in [-0.05, 0) is 82.8 Å². The van der Waals surface area contributed by atoms with Gasteiger partial charge in [-0.1, -0.05) is 0 Å². The first-order valence-electron chi connectivity index (χ1n) is 9.83. The van der Waals surface area contributed by atoms with Crippen molar-refractivity contribution in [1.29, 1.82) is 0 Å². The van der Waals surface area contributed by atoms with E-state index in [4.69, 9.17) is 5.73 Å². The lowest BCUT2D eigenvalue weighted by Crippen LogP contribution is -2.41. The summed E-state index contributed by atoms with van der Waals surface area (Å²) in [4.78, 5) is 19.5. The molecule has 3 rings (SSSR count). The third-order valence-electron chi connectivity index (χ3n) is 5.53. The maximum atomic E-state index is 13.8. The van der Waals surface area contributed by atoms with Gasteiger partial charge in [0.15, 0.2) is 5.78 Å². The monoisotopic (exact) mass is 371 g/mol. The molecular weight excluding hydrogens is 341 g/mol. The average molecular weight is 372 g/mol. The molecule has 0 amide bonds. The Bertz CT molecular complexity index is 820. The molecule has 1 fully saturated rings. The van der Waals surface area contributed by atoms with E-state index in [-0.39, 0.29) is 5.78 Å². The number of carbonyl (C=O) groups excluding carboxylic acids is 1. The summed E-state index contributed by atoms with van der Waals surface area (Å²) in [6.45, 7) is 7.51. The molecule has 1 saturated heterocycles. The molecule has 1 aromatic carbocycles. The molecule has 1 aliphatic heterocycles. The largest absolute Gasteiger partial charge is 0.398 e. The zero-order valence-corrected chi connectivity index (χ0v) is 16.6. The minimum atomic E-state index is -1.15. The van der Waals surface area contributed by atoms with E-state index in [1.54, 1.807) is 20.0 Å². The highest BCUT2D eigenvalue weighted by atomic mass is 19.1. The maximum Gasteiger partial charge on any atom is 0.165 e. The summed E-state index contributed by atoms with van der Waals surface area (Å²) >= 11 is 0. The van der Waals surface area contributed by atoms with Crippen molar-refractivity contribution < 1.29 is 9.18 Å². The van der Waals surface area contributed by atoms with Crippen LogP contribution in [0.3, 0.4) is 0 Å². The van der Waals surface area contributed by atoms with Crippen LogP contribution < -0.4 is 5.73 Å². The molecule has 5 heteroatoms. The van der Waals surface area contributed by atoms with Crippen LogP contribution in [-0.2, 0) is 0 Å². The summed E-state index contributed by atoms with van der Waals surface area (Å²) in [5.41, 5.74) is 7.99. The van der Waals surface area contributed by atoms with Gasteiger partial charge in [-0.25, -0.2) is 4.39 Å². The second kappa shape index (κ2) is 7.93. The Morgan fingerprint density at radius 2 is 2.07 bits per heavy atom. The molecule has 2 N–H and O–H groups in total. The summed E-state index contributed by atoms with van der Waals surface area (Å²) in [6.07, 6.45) is 5.17. The summed E-state index contributed by atoms with van der Waals surface area (Å²) in [5.74, 6) is 0.663. The topological polar surface area (TPSA) is 59.2 Å². The Morgan fingerprint density at radius 1 is 1.37 bits per heavy atom. The van der Waals surface area contributed by atoms with Crippen LogP contribution in [0.25, 0.3) is 10.9 Å². The Labute approximate surface area is 160 Å². The summed E-state index contributed by atoms with van der Waals surface area (Å²) in [7, 11) is 0. The fourth-order valence-corrected chi connectivity index (χ4v) is 4.06. The predicted molar refractivity (Wildman–Crippen MR) is 109 cm³/mol. The minimum absolute atomic E-state index is 0.133. The molecule has 0 bridgehead atoms. The summed E-state index contributed by atoms with van der Waals surface area (Å²) in [6, 6.07) is 5.64. The van der Waals surface area contributed by atoms with E-state index >= 15 is 0 Å². The van der Waals surface area contributed by atoms with E-state index in [0.29, 0.717) is 35.7 Å². The van der Waals surface area contributed by atoms with Crippen LogP contribution in [0.15, 0.2) is 24.4 Å². The number of pyridine rings is 1.